The number of carbonyl (C=O) groups is 1. The predicted octanol–water partition coefficient (Wildman–Crippen LogP) is 3.34. The van der Waals surface area contributed by atoms with Gasteiger partial charge in [0, 0.05) is 36.3 Å². The summed E-state index contributed by atoms with van der Waals surface area (Å²) in [5.41, 5.74) is 4.59. The van der Waals surface area contributed by atoms with E-state index in [0.29, 0.717) is 38.0 Å². The van der Waals surface area contributed by atoms with Crippen LogP contribution in [-0.4, -0.2) is 42.9 Å². The summed E-state index contributed by atoms with van der Waals surface area (Å²) in [7, 11) is 1.63. The van der Waals surface area contributed by atoms with Gasteiger partial charge in [-0.1, -0.05) is 0 Å². The van der Waals surface area contributed by atoms with E-state index in [9.17, 15) is 4.79 Å². The first-order valence-electron chi connectivity index (χ1n) is 8.97. The maximum Gasteiger partial charge on any atom is 0.357 e. The monoisotopic (exact) mass is 346 g/mol. The van der Waals surface area contributed by atoms with Crippen molar-refractivity contribution in [2.24, 2.45) is 0 Å². The van der Waals surface area contributed by atoms with Gasteiger partial charge < -0.3 is 19.2 Å². The summed E-state index contributed by atoms with van der Waals surface area (Å²) in [4.78, 5) is 20.2. The summed E-state index contributed by atoms with van der Waals surface area (Å²) in [6, 6.07) is 0. The molecule has 0 aromatic carbocycles. The largest absolute Gasteiger partial charge is 0.461 e. The van der Waals surface area contributed by atoms with Crippen LogP contribution in [0.2, 0.25) is 0 Å². The molecule has 6 nitrogen and oxygen atoms in total. The number of carbonyl (C=O) groups excluding carboxylic acids is 1. The molecule has 2 heterocycles. The number of rotatable bonds is 7. The second-order valence-electron chi connectivity index (χ2n) is 6.29. The molecule has 1 aliphatic carbocycles. The zero-order valence-electron chi connectivity index (χ0n) is 15.2. The molecule has 0 amide bonds. The van der Waals surface area contributed by atoms with E-state index in [1.807, 2.05) is 6.92 Å². The Balaban J connectivity index is 2.16. The molecule has 2 aromatic rings. The minimum atomic E-state index is -0.399. The van der Waals surface area contributed by atoms with Crippen molar-refractivity contribution in [2.45, 2.75) is 45.6 Å². The number of esters is 1. The number of aromatic nitrogens is 2. The van der Waals surface area contributed by atoms with E-state index in [1.165, 1.54) is 11.3 Å². The number of methoxy groups -OCH3 is 1. The van der Waals surface area contributed by atoms with Crippen LogP contribution >= 0.6 is 0 Å². The third-order valence-corrected chi connectivity index (χ3v) is 4.73. The van der Waals surface area contributed by atoms with Crippen molar-refractivity contribution in [1.82, 2.24) is 9.97 Å². The fourth-order valence-corrected chi connectivity index (χ4v) is 3.74. The minimum absolute atomic E-state index is 0.323. The van der Waals surface area contributed by atoms with E-state index in [0.717, 1.165) is 35.7 Å². The number of nitrogens with zero attached hydrogens (tertiary/aromatic N) is 1. The molecular weight excluding hydrogens is 320 g/mol. The zero-order valence-corrected chi connectivity index (χ0v) is 15.2. The zero-order chi connectivity index (χ0) is 17.8. The summed E-state index contributed by atoms with van der Waals surface area (Å²) >= 11 is 0. The molecule has 1 N–H and O–H groups in total. The number of nitrogens with one attached hydrogen (secondary N) is 1. The smallest absolute Gasteiger partial charge is 0.357 e. The van der Waals surface area contributed by atoms with Crippen LogP contribution in [0.5, 0.6) is 0 Å². The molecule has 0 fully saturated rings. The standard InChI is InChI=1S/C19H26N2O4/c1-4-24-10-12-7-6-8-14-16(12)17-13(11-23-3)18(19(22)25-5-2)20-9-15(17)21-14/h9,12,21H,4-8,10-11H2,1-3H3. The number of aryl methyl sites for hydroxylation is 1. The van der Waals surface area contributed by atoms with Gasteiger partial charge in [-0.05, 0) is 38.7 Å². The van der Waals surface area contributed by atoms with Crippen molar-refractivity contribution in [2.75, 3.05) is 26.9 Å². The van der Waals surface area contributed by atoms with Crippen LogP contribution in [0.4, 0.5) is 0 Å². The summed E-state index contributed by atoms with van der Waals surface area (Å²) in [5, 5.41) is 1.05. The summed E-state index contributed by atoms with van der Waals surface area (Å²) in [5.74, 6) is -0.0749. The average molecular weight is 346 g/mol. The van der Waals surface area contributed by atoms with Gasteiger partial charge in [0.25, 0.3) is 0 Å². The molecule has 0 radical (unpaired) electrons. The van der Waals surface area contributed by atoms with Gasteiger partial charge >= 0.3 is 5.97 Å². The quantitative estimate of drug-likeness (QED) is 0.778. The van der Waals surface area contributed by atoms with E-state index in [1.54, 1.807) is 20.2 Å². The van der Waals surface area contributed by atoms with Crippen LogP contribution in [0, 0.1) is 0 Å². The first kappa shape index (κ1) is 17.9. The highest BCUT2D eigenvalue weighted by Gasteiger charge is 2.29. The second kappa shape index (κ2) is 7.97. The number of fused-ring (bicyclic) bond motifs is 3. The molecule has 6 heteroatoms. The SMILES string of the molecule is CCOCC1CCCc2[nH]c3cnc(C(=O)OCC)c(COC)c3c21. The highest BCUT2D eigenvalue weighted by molar-refractivity contribution is 5.97. The second-order valence-corrected chi connectivity index (χ2v) is 6.29. The highest BCUT2D eigenvalue weighted by Crippen LogP contribution is 2.39. The normalized spacial score (nSPS) is 16.8. The topological polar surface area (TPSA) is 73.4 Å². The molecule has 0 spiro atoms. The molecule has 1 aliphatic rings. The summed E-state index contributed by atoms with van der Waals surface area (Å²) in [6.45, 7) is 5.85. The lowest BCUT2D eigenvalue weighted by molar-refractivity contribution is 0.0514. The molecule has 0 aliphatic heterocycles. The van der Waals surface area contributed by atoms with Crippen molar-refractivity contribution < 1.29 is 19.0 Å². The van der Waals surface area contributed by atoms with Crippen molar-refractivity contribution in [3.63, 3.8) is 0 Å². The van der Waals surface area contributed by atoms with E-state index < -0.39 is 5.97 Å². The van der Waals surface area contributed by atoms with E-state index in [2.05, 4.69) is 9.97 Å². The fourth-order valence-electron chi connectivity index (χ4n) is 3.74. The number of hydrogen-bond acceptors (Lipinski definition) is 5. The Labute approximate surface area is 147 Å². The molecule has 1 unspecified atom stereocenters. The van der Waals surface area contributed by atoms with Crippen LogP contribution in [0.3, 0.4) is 0 Å². The van der Waals surface area contributed by atoms with E-state index in [-0.39, 0.29) is 0 Å². The number of aromatic amines is 1. The molecular formula is C19H26N2O4. The lowest BCUT2D eigenvalue weighted by Gasteiger charge is -2.23. The van der Waals surface area contributed by atoms with Crippen LogP contribution in [0.1, 0.15) is 59.9 Å². The van der Waals surface area contributed by atoms with Crippen LogP contribution in [-0.2, 0) is 27.2 Å². The van der Waals surface area contributed by atoms with E-state index >= 15 is 0 Å². The molecule has 3 rings (SSSR count). The third kappa shape index (κ3) is 3.41. The Morgan fingerprint density at radius 3 is 2.92 bits per heavy atom. The van der Waals surface area contributed by atoms with Crippen molar-refractivity contribution in [1.29, 1.82) is 0 Å². The van der Waals surface area contributed by atoms with Gasteiger partial charge in [-0.15, -0.1) is 0 Å². The first-order valence-corrected chi connectivity index (χ1v) is 8.97. The molecule has 0 saturated carbocycles. The Bertz CT molecular complexity index is 753. The Kier molecular flexibility index (Phi) is 5.71. The van der Waals surface area contributed by atoms with E-state index in [4.69, 9.17) is 14.2 Å². The number of ether oxygens (including phenoxy) is 3. The Morgan fingerprint density at radius 2 is 2.20 bits per heavy atom. The summed E-state index contributed by atoms with van der Waals surface area (Å²) < 4.78 is 16.3. The van der Waals surface area contributed by atoms with Crippen LogP contribution in [0.15, 0.2) is 6.20 Å². The molecule has 0 bridgehead atoms. The fraction of sp³-hybridized carbons (Fsp3) is 0.579. The molecule has 0 saturated heterocycles. The van der Waals surface area contributed by atoms with Crippen molar-refractivity contribution >= 4 is 16.9 Å². The van der Waals surface area contributed by atoms with Gasteiger partial charge in [-0.2, -0.15) is 0 Å². The van der Waals surface area contributed by atoms with Crippen LogP contribution in [0.25, 0.3) is 10.9 Å². The lowest BCUT2D eigenvalue weighted by atomic mass is 9.84. The van der Waals surface area contributed by atoms with Crippen molar-refractivity contribution in [3.05, 3.63) is 28.7 Å². The average Bonchev–Trinajstić information content (AvgIpc) is 3.00. The van der Waals surface area contributed by atoms with Gasteiger partial charge in [0.1, 0.15) is 0 Å². The maximum atomic E-state index is 12.4. The highest BCUT2D eigenvalue weighted by atomic mass is 16.5. The lowest BCUT2D eigenvalue weighted by Crippen LogP contribution is -2.16. The summed E-state index contributed by atoms with van der Waals surface area (Å²) in [6.07, 6.45) is 4.96. The van der Waals surface area contributed by atoms with Crippen LogP contribution < -0.4 is 0 Å². The number of hydrogen-bond donors (Lipinski definition) is 1. The molecule has 25 heavy (non-hydrogen) atoms. The van der Waals surface area contributed by atoms with Gasteiger partial charge in [0.05, 0.1) is 31.5 Å². The van der Waals surface area contributed by atoms with Gasteiger partial charge in [0.2, 0.25) is 0 Å². The number of H-pyrrole nitrogens is 1. The van der Waals surface area contributed by atoms with Gasteiger partial charge in [-0.25, -0.2) is 9.78 Å². The number of pyridine rings is 1. The van der Waals surface area contributed by atoms with Gasteiger partial charge in [0.15, 0.2) is 5.69 Å². The molecule has 2 aromatic heterocycles. The van der Waals surface area contributed by atoms with Gasteiger partial charge in [-0.3, -0.25) is 0 Å². The van der Waals surface area contributed by atoms with Crippen molar-refractivity contribution in [3.8, 4) is 0 Å². The maximum absolute atomic E-state index is 12.4. The molecule has 1 atom stereocenters. The predicted molar refractivity (Wildman–Crippen MR) is 94.9 cm³/mol. The third-order valence-electron chi connectivity index (χ3n) is 4.73. The minimum Gasteiger partial charge on any atom is -0.461 e. The Hall–Kier alpha value is -1.92. The Morgan fingerprint density at radius 1 is 1.36 bits per heavy atom. The first-order chi connectivity index (χ1) is 12.2. The molecule has 136 valence electrons.